The molecule has 116 valence electrons. The molecule has 2 aromatic rings. The molecule has 1 aromatic heterocycles. The van der Waals surface area contributed by atoms with Crippen LogP contribution in [0.25, 0.3) is 5.69 Å². The SMILES string of the molecule is CC(C)(CNC(=O)Cc1ccc(-n2cnnn2)cc1)C(=O)O. The van der Waals surface area contributed by atoms with Crippen LogP contribution in [0.4, 0.5) is 0 Å². The molecular weight excluding hydrogens is 286 g/mol. The van der Waals surface area contributed by atoms with E-state index in [2.05, 4.69) is 20.8 Å². The zero-order chi connectivity index (χ0) is 16.2. The lowest BCUT2D eigenvalue weighted by atomic mass is 9.94. The summed E-state index contributed by atoms with van der Waals surface area (Å²) in [7, 11) is 0. The molecule has 0 fully saturated rings. The molecule has 0 aliphatic heterocycles. The number of rotatable bonds is 6. The van der Waals surface area contributed by atoms with Crippen LogP contribution in [0.5, 0.6) is 0 Å². The maximum atomic E-state index is 11.9. The molecule has 1 amide bonds. The average Bonchev–Trinajstić information content (AvgIpc) is 3.00. The quantitative estimate of drug-likeness (QED) is 0.801. The van der Waals surface area contributed by atoms with E-state index in [4.69, 9.17) is 5.11 Å². The number of aromatic nitrogens is 4. The molecule has 0 saturated carbocycles. The van der Waals surface area contributed by atoms with Gasteiger partial charge in [-0.2, -0.15) is 0 Å². The Kier molecular flexibility index (Phi) is 4.50. The largest absolute Gasteiger partial charge is 0.481 e. The van der Waals surface area contributed by atoms with Crippen molar-refractivity contribution >= 4 is 11.9 Å². The summed E-state index contributed by atoms with van der Waals surface area (Å²) in [4.78, 5) is 22.8. The number of carboxylic acids is 1. The molecule has 1 heterocycles. The molecule has 2 N–H and O–H groups in total. The van der Waals surface area contributed by atoms with E-state index >= 15 is 0 Å². The summed E-state index contributed by atoms with van der Waals surface area (Å²) in [6.07, 6.45) is 1.67. The van der Waals surface area contributed by atoms with E-state index in [1.54, 1.807) is 38.1 Å². The highest BCUT2D eigenvalue weighted by atomic mass is 16.4. The minimum Gasteiger partial charge on any atom is -0.481 e. The Bertz CT molecular complexity index is 650. The Morgan fingerprint density at radius 2 is 1.95 bits per heavy atom. The number of nitrogens with one attached hydrogen (secondary N) is 1. The third-order valence-corrected chi connectivity index (χ3v) is 3.22. The monoisotopic (exact) mass is 303 g/mol. The second-order valence-electron chi connectivity index (χ2n) is 5.56. The smallest absolute Gasteiger partial charge is 0.310 e. The van der Waals surface area contributed by atoms with Crippen LogP contribution >= 0.6 is 0 Å². The third-order valence-electron chi connectivity index (χ3n) is 3.22. The Hall–Kier alpha value is -2.77. The van der Waals surface area contributed by atoms with E-state index in [0.717, 1.165) is 11.3 Å². The summed E-state index contributed by atoms with van der Waals surface area (Å²) >= 11 is 0. The van der Waals surface area contributed by atoms with Gasteiger partial charge in [0.1, 0.15) is 6.33 Å². The summed E-state index contributed by atoms with van der Waals surface area (Å²) in [5, 5.41) is 22.5. The van der Waals surface area contributed by atoms with E-state index in [1.807, 2.05) is 0 Å². The molecule has 0 bridgehead atoms. The van der Waals surface area contributed by atoms with Crippen molar-refractivity contribution < 1.29 is 14.7 Å². The van der Waals surface area contributed by atoms with Gasteiger partial charge in [0.25, 0.3) is 0 Å². The molecule has 8 nitrogen and oxygen atoms in total. The number of carbonyl (C=O) groups is 2. The molecule has 0 unspecified atom stereocenters. The maximum absolute atomic E-state index is 11.9. The van der Waals surface area contributed by atoms with E-state index in [-0.39, 0.29) is 18.9 Å². The number of nitrogens with zero attached hydrogens (tertiary/aromatic N) is 4. The zero-order valence-electron chi connectivity index (χ0n) is 12.4. The van der Waals surface area contributed by atoms with Gasteiger partial charge in [-0.3, -0.25) is 9.59 Å². The van der Waals surface area contributed by atoms with Gasteiger partial charge >= 0.3 is 5.97 Å². The summed E-state index contributed by atoms with van der Waals surface area (Å²) in [6.45, 7) is 3.22. The second-order valence-corrected chi connectivity index (χ2v) is 5.56. The van der Waals surface area contributed by atoms with Crippen LogP contribution in [0, 0.1) is 5.41 Å². The third kappa shape index (κ3) is 3.87. The molecule has 0 atom stereocenters. The highest BCUT2D eigenvalue weighted by molar-refractivity contribution is 5.80. The summed E-state index contributed by atoms with van der Waals surface area (Å²) in [6, 6.07) is 7.22. The number of hydrogen-bond donors (Lipinski definition) is 2. The molecule has 2 rings (SSSR count). The molecule has 0 spiro atoms. The fraction of sp³-hybridized carbons (Fsp3) is 0.357. The lowest BCUT2D eigenvalue weighted by molar-refractivity contribution is -0.146. The fourth-order valence-corrected chi connectivity index (χ4v) is 1.69. The highest BCUT2D eigenvalue weighted by Gasteiger charge is 2.27. The Balaban J connectivity index is 1.91. The Morgan fingerprint density at radius 1 is 1.27 bits per heavy atom. The average molecular weight is 303 g/mol. The normalized spacial score (nSPS) is 11.2. The van der Waals surface area contributed by atoms with Crippen LogP contribution in [0.2, 0.25) is 0 Å². The van der Waals surface area contributed by atoms with E-state index in [0.29, 0.717) is 0 Å². The van der Waals surface area contributed by atoms with Gasteiger partial charge in [0.15, 0.2) is 0 Å². The van der Waals surface area contributed by atoms with Crippen LogP contribution in [-0.2, 0) is 16.0 Å². The molecule has 1 aromatic carbocycles. The summed E-state index contributed by atoms with van der Waals surface area (Å²) in [5.74, 6) is -1.16. The number of hydrogen-bond acceptors (Lipinski definition) is 5. The second kappa shape index (κ2) is 6.33. The highest BCUT2D eigenvalue weighted by Crippen LogP contribution is 2.13. The first-order valence-electron chi connectivity index (χ1n) is 6.71. The first-order valence-corrected chi connectivity index (χ1v) is 6.71. The van der Waals surface area contributed by atoms with Gasteiger partial charge in [0, 0.05) is 6.54 Å². The van der Waals surface area contributed by atoms with Crippen molar-refractivity contribution in [1.82, 2.24) is 25.5 Å². The van der Waals surface area contributed by atoms with E-state index in [9.17, 15) is 9.59 Å². The van der Waals surface area contributed by atoms with Crippen molar-refractivity contribution in [3.05, 3.63) is 36.2 Å². The van der Waals surface area contributed by atoms with Crippen molar-refractivity contribution in [3.63, 3.8) is 0 Å². The van der Waals surface area contributed by atoms with Crippen LogP contribution in [0.15, 0.2) is 30.6 Å². The molecule has 22 heavy (non-hydrogen) atoms. The minimum absolute atomic E-state index is 0.0872. The standard InChI is InChI=1S/C14H17N5O3/c1-14(2,13(21)22)8-15-12(20)7-10-3-5-11(6-4-10)19-9-16-17-18-19/h3-6,9H,7-8H2,1-2H3,(H,15,20)(H,21,22). The van der Waals surface area contributed by atoms with Crippen molar-refractivity contribution in [1.29, 1.82) is 0 Å². The van der Waals surface area contributed by atoms with Gasteiger partial charge in [0.2, 0.25) is 5.91 Å². The lowest BCUT2D eigenvalue weighted by Crippen LogP contribution is -2.39. The number of carboxylic acid groups (broad SMARTS) is 1. The van der Waals surface area contributed by atoms with E-state index in [1.165, 1.54) is 11.0 Å². The predicted octanol–water partition coefficient (Wildman–Crippen LogP) is 0.432. The summed E-state index contributed by atoms with van der Waals surface area (Å²) in [5.41, 5.74) is 0.628. The number of carbonyl (C=O) groups excluding carboxylic acids is 1. The van der Waals surface area contributed by atoms with Gasteiger partial charge in [-0.15, -0.1) is 5.10 Å². The number of benzene rings is 1. The molecule has 0 aliphatic carbocycles. The maximum Gasteiger partial charge on any atom is 0.310 e. The molecule has 0 saturated heterocycles. The molecule has 0 aliphatic rings. The van der Waals surface area contributed by atoms with Crippen molar-refractivity contribution in [2.24, 2.45) is 5.41 Å². The lowest BCUT2D eigenvalue weighted by Gasteiger charge is -2.19. The van der Waals surface area contributed by atoms with Crippen molar-refractivity contribution in [3.8, 4) is 5.69 Å². The van der Waals surface area contributed by atoms with Crippen LogP contribution in [-0.4, -0.2) is 43.7 Å². The summed E-state index contributed by atoms with van der Waals surface area (Å²) < 4.78 is 1.51. The van der Waals surface area contributed by atoms with E-state index < -0.39 is 11.4 Å². The van der Waals surface area contributed by atoms with Crippen molar-refractivity contribution in [2.75, 3.05) is 6.54 Å². The Morgan fingerprint density at radius 3 is 2.50 bits per heavy atom. The first-order chi connectivity index (χ1) is 10.4. The van der Waals surface area contributed by atoms with Crippen molar-refractivity contribution in [2.45, 2.75) is 20.3 Å². The zero-order valence-corrected chi connectivity index (χ0v) is 12.4. The van der Waals surface area contributed by atoms with Crippen LogP contribution in [0.3, 0.4) is 0 Å². The fourth-order valence-electron chi connectivity index (χ4n) is 1.69. The molecule has 8 heteroatoms. The van der Waals surface area contributed by atoms with Crippen LogP contribution in [0.1, 0.15) is 19.4 Å². The number of amides is 1. The molecule has 0 radical (unpaired) electrons. The van der Waals surface area contributed by atoms with Gasteiger partial charge in [-0.25, -0.2) is 4.68 Å². The van der Waals surface area contributed by atoms with Gasteiger partial charge in [0.05, 0.1) is 17.5 Å². The minimum atomic E-state index is -0.986. The predicted molar refractivity (Wildman–Crippen MR) is 77.3 cm³/mol. The Labute approximate surface area is 127 Å². The number of aliphatic carboxylic acids is 1. The molecular formula is C14H17N5O3. The first kappa shape index (κ1) is 15.6. The topological polar surface area (TPSA) is 110 Å². The van der Waals surface area contributed by atoms with Gasteiger partial charge in [-0.1, -0.05) is 12.1 Å². The van der Waals surface area contributed by atoms with Crippen LogP contribution < -0.4 is 5.32 Å². The number of tetrazole rings is 1. The van der Waals surface area contributed by atoms with Gasteiger partial charge in [-0.05, 0) is 42.0 Å². The van der Waals surface area contributed by atoms with Gasteiger partial charge < -0.3 is 10.4 Å².